The van der Waals surface area contributed by atoms with Crippen LogP contribution in [0.4, 0.5) is 0 Å². The molecule has 25 heavy (non-hydrogen) atoms. The maximum atomic E-state index is 9.46. The second kappa shape index (κ2) is 15.5. The normalized spacial score (nSPS) is 11.3. The Morgan fingerprint density at radius 3 is 2.68 bits per heavy atom. The van der Waals surface area contributed by atoms with Gasteiger partial charge in [-0.1, -0.05) is 58.1 Å². The standard InChI is InChI=1S/C20H30N2O.C2H6/c1-4-12-21-15-18(8-5-7-17(2)3)11-13-22-16-19-9-6-10-20(23)14-19;1-2/h4-7,9-10,14-15,17,21-23H,1,8,11-13,16H2,2-3H3;1-2H3/b7-5-,18-15+;. The lowest BCUT2D eigenvalue weighted by Crippen LogP contribution is -2.16. The maximum absolute atomic E-state index is 9.46. The van der Waals surface area contributed by atoms with Gasteiger partial charge in [0.25, 0.3) is 0 Å². The minimum atomic E-state index is 0.317. The van der Waals surface area contributed by atoms with Crippen molar-refractivity contribution < 1.29 is 5.11 Å². The quantitative estimate of drug-likeness (QED) is 0.384. The molecule has 0 fully saturated rings. The van der Waals surface area contributed by atoms with Crippen molar-refractivity contribution in [1.82, 2.24) is 10.6 Å². The van der Waals surface area contributed by atoms with Crippen molar-refractivity contribution in [3.05, 3.63) is 66.4 Å². The fourth-order valence-corrected chi connectivity index (χ4v) is 2.16. The van der Waals surface area contributed by atoms with Crippen molar-refractivity contribution in [3.63, 3.8) is 0 Å². The molecule has 3 nitrogen and oxygen atoms in total. The van der Waals surface area contributed by atoms with Crippen LogP contribution in [0.3, 0.4) is 0 Å². The summed E-state index contributed by atoms with van der Waals surface area (Å²) in [6.07, 6.45) is 10.4. The second-order valence-corrected chi connectivity index (χ2v) is 5.97. The van der Waals surface area contributed by atoms with Gasteiger partial charge in [-0.05, 0) is 54.8 Å². The lowest BCUT2D eigenvalue weighted by Gasteiger charge is -2.09. The molecule has 1 rings (SSSR count). The lowest BCUT2D eigenvalue weighted by molar-refractivity contribution is 0.474. The summed E-state index contributed by atoms with van der Waals surface area (Å²) in [6.45, 7) is 14.6. The van der Waals surface area contributed by atoms with Gasteiger partial charge in [0.05, 0.1) is 0 Å². The van der Waals surface area contributed by atoms with E-state index in [1.165, 1.54) is 5.57 Å². The van der Waals surface area contributed by atoms with E-state index in [2.05, 4.69) is 49.4 Å². The average molecular weight is 345 g/mol. The molecule has 140 valence electrons. The van der Waals surface area contributed by atoms with Gasteiger partial charge >= 0.3 is 0 Å². The van der Waals surface area contributed by atoms with Crippen molar-refractivity contribution in [3.8, 4) is 5.75 Å². The molecule has 0 radical (unpaired) electrons. The molecule has 0 saturated heterocycles. The summed E-state index contributed by atoms with van der Waals surface area (Å²) in [5.74, 6) is 0.901. The molecular weight excluding hydrogens is 308 g/mol. The molecule has 3 N–H and O–H groups in total. The summed E-state index contributed by atoms with van der Waals surface area (Å²) in [5, 5.41) is 16.1. The van der Waals surface area contributed by atoms with Crippen molar-refractivity contribution in [2.24, 2.45) is 5.92 Å². The number of phenols is 1. The molecular formula is C22H36N2O. The van der Waals surface area contributed by atoms with Gasteiger partial charge in [0, 0.05) is 13.1 Å². The number of benzene rings is 1. The molecule has 0 aliphatic rings. The number of aromatic hydroxyl groups is 1. The Labute approximate surface area is 154 Å². The zero-order valence-electron chi connectivity index (χ0n) is 16.4. The monoisotopic (exact) mass is 344 g/mol. The highest BCUT2D eigenvalue weighted by Crippen LogP contribution is 2.11. The Bertz CT molecular complexity index is 519. The fraction of sp³-hybridized carbons (Fsp3) is 0.455. The lowest BCUT2D eigenvalue weighted by atomic mass is 10.1. The molecule has 1 aromatic carbocycles. The largest absolute Gasteiger partial charge is 0.508 e. The second-order valence-electron chi connectivity index (χ2n) is 5.97. The Hall–Kier alpha value is -2.00. The summed E-state index contributed by atoms with van der Waals surface area (Å²) < 4.78 is 0. The molecule has 0 aromatic heterocycles. The van der Waals surface area contributed by atoms with Gasteiger partial charge in [0.15, 0.2) is 0 Å². The van der Waals surface area contributed by atoms with Gasteiger partial charge in [-0.25, -0.2) is 0 Å². The first-order chi connectivity index (χ1) is 12.1. The number of nitrogens with one attached hydrogen (secondary N) is 2. The average Bonchev–Trinajstić information content (AvgIpc) is 2.60. The Morgan fingerprint density at radius 1 is 1.28 bits per heavy atom. The topological polar surface area (TPSA) is 44.3 Å². The van der Waals surface area contributed by atoms with E-state index in [0.717, 1.165) is 38.0 Å². The van der Waals surface area contributed by atoms with E-state index >= 15 is 0 Å². The zero-order chi connectivity index (χ0) is 18.9. The Morgan fingerprint density at radius 2 is 2.04 bits per heavy atom. The van der Waals surface area contributed by atoms with Gasteiger partial charge in [0.2, 0.25) is 0 Å². The van der Waals surface area contributed by atoms with Crippen LogP contribution in [0.2, 0.25) is 0 Å². The van der Waals surface area contributed by atoms with Gasteiger partial charge in [-0.2, -0.15) is 0 Å². The zero-order valence-corrected chi connectivity index (χ0v) is 16.4. The van der Waals surface area contributed by atoms with Gasteiger partial charge in [-0.15, -0.1) is 6.58 Å². The molecule has 0 unspecified atom stereocenters. The molecule has 0 saturated carbocycles. The molecule has 0 aliphatic heterocycles. The first-order valence-corrected chi connectivity index (χ1v) is 9.29. The van der Waals surface area contributed by atoms with Crippen LogP contribution in [0.25, 0.3) is 0 Å². The van der Waals surface area contributed by atoms with Crippen LogP contribution in [-0.4, -0.2) is 18.2 Å². The summed E-state index contributed by atoms with van der Waals surface area (Å²) in [7, 11) is 0. The SMILES string of the molecule is C=CCN/C=C(\C/C=C\C(C)C)CCNCc1cccc(O)c1.CC. The number of allylic oxidation sites excluding steroid dienone is 2. The van der Waals surface area contributed by atoms with E-state index in [0.29, 0.717) is 11.7 Å². The molecule has 0 aliphatic carbocycles. The van der Waals surface area contributed by atoms with Crippen LogP contribution < -0.4 is 10.6 Å². The van der Waals surface area contributed by atoms with Gasteiger partial charge in [0.1, 0.15) is 5.75 Å². The van der Waals surface area contributed by atoms with Crippen LogP contribution in [0.15, 0.2) is 60.8 Å². The first-order valence-electron chi connectivity index (χ1n) is 9.29. The van der Waals surface area contributed by atoms with Crippen molar-refractivity contribution in [1.29, 1.82) is 0 Å². The number of phenolic OH excluding ortho intramolecular Hbond substituents is 1. The predicted molar refractivity (Wildman–Crippen MR) is 111 cm³/mol. The molecule has 0 bridgehead atoms. The molecule has 0 heterocycles. The fourth-order valence-electron chi connectivity index (χ4n) is 2.16. The van der Waals surface area contributed by atoms with E-state index < -0.39 is 0 Å². The third kappa shape index (κ3) is 13.0. The third-order valence-electron chi connectivity index (χ3n) is 3.33. The smallest absolute Gasteiger partial charge is 0.115 e. The summed E-state index contributed by atoms with van der Waals surface area (Å²) in [4.78, 5) is 0. The highest BCUT2D eigenvalue weighted by Gasteiger charge is 1.98. The minimum Gasteiger partial charge on any atom is -0.508 e. The highest BCUT2D eigenvalue weighted by atomic mass is 16.3. The first kappa shape index (κ1) is 23.0. The van der Waals surface area contributed by atoms with Crippen LogP contribution in [0.1, 0.15) is 46.1 Å². The van der Waals surface area contributed by atoms with Gasteiger partial charge in [-0.3, -0.25) is 0 Å². The van der Waals surface area contributed by atoms with E-state index in [1.54, 1.807) is 12.1 Å². The van der Waals surface area contributed by atoms with Crippen LogP contribution in [0.5, 0.6) is 5.75 Å². The highest BCUT2D eigenvalue weighted by molar-refractivity contribution is 5.26. The number of rotatable bonds is 11. The summed E-state index contributed by atoms with van der Waals surface area (Å²) >= 11 is 0. The Balaban J connectivity index is 0.00000277. The van der Waals surface area contributed by atoms with Gasteiger partial charge < -0.3 is 15.7 Å². The van der Waals surface area contributed by atoms with E-state index in [-0.39, 0.29) is 0 Å². The van der Waals surface area contributed by atoms with E-state index in [4.69, 9.17) is 0 Å². The van der Waals surface area contributed by atoms with Crippen molar-refractivity contribution >= 4 is 0 Å². The van der Waals surface area contributed by atoms with Crippen molar-refractivity contribution in [2.45, 2.75) is 47.1 Å². The predicted octanol–water partition coefficient (Wildman–Crippen LogP) is 5.16. The minimum absolute atomic E-state index is 0.317. The van der Waals surface area contributed by atoms with Crippen LogP contribution in [-0.2, 0) is 6.54 Å². The summed E-state index contributed by atoms with van der Waals surface area (Å²) in [5.41, 5.74) is 2.46. The molecule has 0 atom stereocenters. The number of hydrogen-bond donors (Lipinski definition) is 3. The van der Waals surface area contributed by atoms with E-state index in [9.17, 15) is 5.11 Å². The molecule has 0 amide bonds. The van der Waals surface area contributed by atoms with Crippen molar-refractivity contribution in [2.75, 3.05) is 13.1 Å². The van der Waals surface area contributed by atoms with Crippen LogP contribution >= 0.6 is 0 Å². The van der Waals surface area contributed by atoms with Crippen LogP contribution in [0, 0.1) is 5.92 Å². The van der Waals surface area contributed by atoms with E-state index in [1.807, 2.05) is 32.1 Å². The molecule has 0 spiro atoms. The molecule has 3 heteroatoms. The Kier molecular flexibility index (Phi) is 14.3. The summed E-state index contributed by atoms with van der Waals surface area (Å²) in [6, 6.07) is 7.37. The third-order valence-corrected chi connectivity index (χ3v) is 3.33. The maximum Gasteiger partial charge on any atom is 0.115 e. The number of hydrogen-bond acceptors (Lipinski definition) is 3. The molecule has 1 aromatic rings.